The fourth-order valence-electron chi connectivity index (χ4n) is 0.804. The smallest absolute Gasteiger partial charge is 0.358 e. The van der Waals surface area contributed by atoms with E-state index in [4.69, 9.17) is 20.6 Å². The second kappa shape index (κ2) is 3.50. The minimum atomic E-state index is -4.71. The standard InChI is InChI=1S/C5H8N3O5P/c6-3-2(1-7-5(10)8-3)4(9)14(11,12)13/h1,4,9H,(H2,11,12,13)(H3,6,7,8,10). The molecule has 0 amide bonds. The zero-order valence-electron chi connectivity index (χ0n) is 6.78. The molecule has 1 atom stereocenters. The van der Waals surface area contributed by atoms with E-state index in [2.05, 4.69) is 4.98 Å². The number of rotatable bonds is 2. The summed E-state index contributed by atoms with van der Waals surface area (Å²) in [7, 11) is -4.71. The molecule has 0 spiro atoms. The lowest BCUT2D eigenvalue weighted by molar-refractivity contribution is 0.205. The summed E-state index contributed by atoms with van der Waals surface area (Å²) >= 11 is 0. The molecule has 1 unspecified atom stereocenters. The summed E-state index contributed by atoms with van der Waals surface area (Å²) in [6.07, 6.45) is 0.817. The Balaban J connectivity index is 3.21. The Hall–Kier alpha value is -1.21. The number of aromatic amines is 1. The highest BCUT2D eigenvalue weighted by atomic mass is 31.2. The summed E-state index contributed by atoms with van der Waals surface area (Å²) in [5.41, 5.74) is 4.15. The summed E-state index contributed by atoms with van der Waals surface area (Å²) in [6, 6.07) is 0. The van der Waals surface area contributed by atoms with Crippen LogP contribution >= 0.6 is 7.60 Å². The molecule has 6 N–H and O–H groups in total. The number of nitrogens with zero attached hydrogens (tertiary/aromatic N) is 1. The van der Waals surface area contributed by atoms with Crippen molar-refractivity contribution in [3.63, 3.8) is 0 Å². The van der Waals surface area contributed by atoms with E-state index >= 15 is 0 Å². The van der Waals surface area contributed by atoms with Gasteiger partial charge < -0.3 is 20.6 Å². The summed E-state index contributed by atoms with van der Waals surface area (Å²) in [5, 5.41) is 9.12. The third-order valence-electron chi connectivity index (χ3n) is 1.47. The number of hydrogen-bond acceptors (Lipinski definition) is 5. The van der Waals surface area contributed by atoms with Crippen LogP contribution in [0.3, 0.4) is 0 Å². The van der Waals surface area contributed by atoms with Gasteiger partial charge in [0.1, 0.15) is 5.82 Å². The third-order valence-corrected chi connectivity index (χ3v) is 2.39. The topological polar surface area (TPSA) is 150 Å². The number of aromatic nitrogens is 2. The molecule has 0 aliphatic rings. The van der Waals surface area contributed by atoms with Crippen LogP contribution in [-0.2, 0) is 4.57 Å². The van der Waals surface area contributed by atoms with Gasteiger partial charge in [0.15, 0.2) is 5.85 Å². The van der Waals surface area contributed by atoms with Crippen LogP contribution in [0, 0.1) is 0 Å². The number of nitrogens with two attached hydrogens (primary N) is 1. The Kier molecular flexibility index (Phi) is 2.72. The van der Waals surface area contributed by atoms with Crippen molar-refractivity contribution in [2.24, 2.45) is 0 Å². The molecule has 78 valence electrons. The van der Waals surface area contributed by atoms with E-state index < -0.39 is 19.1 Å². The SMILES string of the molecule is Nc1[nH]c(=O)ncc1C(O)P(=O)(O)O. The maximum absolute atomic E-state index is 10.6. The van der Waals surface area contributed by atoms with Crippen LogP contribution < -0.4 is 11.4 Å². The van der Waals surface area contributed by atoms with Crippen molar-refractivity contribution >= 4 is 13.4 Å². The maximum atomic E-state index is 10.6. The Morgan fingerprint density at radius 2 is 2.14 bits per heavy atom. The summed E-state index contributed by atoms with van der Waals surface area (Å²) in [4.78, 5) is 33.0. The predicted octanol–water partition coefficient (Wildman–Crippen LogP) is -1.48. The largest absolute Gasteiger partial charge is 0.385 e. The van der Waals surface area contributed by atoms with Gasteiger partial charge in [-0.05, 0) is 0 Å². The monoisotopic (exact) mass is 221 g/mol. The fraction of sp³-hybridized carbons (Fsp3) is 0.200. The third kappa shape index (κ3) is 2.18. The number of H-pyrrole nitrogens is 1. The van der Waals surface area contributed by atoms with Crippen molar-refractivity contribution in [2.75, 3.05) is 5.73 Å². The molecule has 0 aromatic carbocycles. The molecule has 9 heteroatoms. The van der Waals surface area contributed by atoms with Gasteiger partial charge in [0.2, 0.25) is 0 Å². The van der Waals surface area contributed by atoms with Crippen molar-refractivity contribution in [3.05, 3.63) is 22.2 Å². The summed E-state index contributed by atoms with van der Waals surface area (Å²) in [5.74, 6) is -2.40. The summed E-state index contributed by atoms with van der Waals surface area (Å²) in [6.45, 7) is 0. The Morgan fingerprint density at radius 1 is 1.57 bits per heavy atom. The number of nitrogen functional groups attached to an aromatic ring is 1. The normalized spacial score (nSPS) is 13.9. The fourth-order valence-corrected chi connectivity index (χ4v) is 1.37. The van der Waals surface area contributed by atoms with E-state index in [1.54, 1.807) is 0 Å². The van der Waals surface area contributed by atoms with Crippen molar-refractivity contribution in [1.29, 1.82) is 0 Å². The number of aliphatic hydroxyl groups excluding tert-OH is 1. The molecular formula is C5H8N3O5P. The van der Waals surface area contributed by atoms with E-state index in [0.29, 0.717) is 0 Å². The first-order valence-corrected chi connectivity index (χ1v) is 5.08. The van der Waals surface area contributed by atoms with Crippen LogP contribution in [0.1, 0.15) is 11.4 Å². The first-order chi connectivity index (χ1) is 6.32. The van der Waals surface area contributed by atoms with Crippen LogP contribution in [0.25, 0.3) is 0 Å². The molecule has 1 aromatic rings. The van der Waals surface area contributed by atoms with Crippen molar-refractivity contribution in [2.45, 2.75) is 5.85 Å². The van der Waals surface area contributed by atoms with Crippen LogP contribution in [0.4, 0.5) is 5.82 Å². The molecule has 0 aliphatic carbocycles. The first kappa shape index (κ1) is 10.9. The van der Waals surface area contributed by atoms with E-state index in [1.807, 2.05) is 4.98 Å². The van der Waals surface area contributed by atoms with Crippen LogP contribution in [-0.4, -0.2) is 24.9 Å². The maximum Gasteiger partial charge on any atom is 0.358 e. The van der Waals surface area contributed by atoms with Crippen molar-refractivity contribution < 1.29 is 19.5 Å². The number of nitrogens with one attached hydrogen (secondary N) is 1. The van der Waals surface area contributed by atoms with Crippen molar-refractivity contribution in [1.82, 2.24) is 9.97 Å². The molecule has 0 saturated carbocycles. The molecule has 0 aliphatic heterocycles. The molecular weight excluding hydrogens is 213 g/mol. The van der Waals surface area contributed by atoms with E-state index in [-0.39, 0.29) is 11.4 Å². The average molecular weight is 221 g/mol. The molecule has 0 radical (unpaired) electrons. The molecule has 1 aromatic heterocycles. The van der Waals surface area contributed by atoms with Crippen LogP contribution in [0.2, 0.25) is 0 Å². The highest BCUT2D eigenvalue weighted by molar-refractivity contribution is 7.51. The Morgan fingerprint density at radius 3 is 2.57 bits per heavy atom. The minimum Gasteiger partial charge on any atom is -0.385 e. The zero-order chi connectivity index (χ0) is 10.9. The first-order valence-electron chi connectivity index (χ1n) is 3.40. The van der Waals surface area contributed by atoms with E-state index in [0.717, 1.165) is 6.20 Å². The van der Waals surface area contributed by atoms with Gasteiger partial charge in [0.25, 0.3) is 0 Å². The van der Waals surface area contributed by atoms with Crippen LogP contribution in [0.15, 0.2) is 11.0 Å². The zero-order valence-corrected chi connectivity index (χ0v) is 7.68. The Bertz CT molecular complexity index is 437. The molecule has 0 saturated heterocycles. The molecule has 0 bridgehead atoms. The van der Waals surface area contributed by atoms with Gasteiger partial charge in [-0.3, -0.25) is 9.55 Å². The lowest BCUT2D eigenvalue weighted by atomic mass is 10.3. The predicted molar refractivity (Wildman–Crippen MR) is 46.3 cm³/mol. The van der Waals surface area contributed by atoms with Gasteiger partial charge in [-0.2, -0.15) is 0 Å². The van der Waals surface area contributed by atoms with Gasteiger partial charge in [0.05, 0.1) is 5.56 Å². The lowest BCUT2D eigenvalue weighted by Gasteiger charge is -2.13. The minimum absolute atomic E-state index is 0.307. The number of hydrogen-bond donors (Lipinski definition) is 5. The van der Waals surface area contributed by atoms with Gasteiger partial charge in [-0.25, -0.2) is 9.78 Å². The molecule has 1 heterocycles. The van der Waals surface area contributed by atoms with Gasteiger partial charge in [-0.1, -0.05) is 0 Å². The molecule has 0 fully saturated rings. The van der Waals surface area contributed by atoms with Crippen LogP contribution in [0.5, 0.6) is 0 Å². The van der Waals surface area contributed by atoms with E-state index in [1.165, 1.54) is 0 Å². The quantitative estimate of drug-likeness (QED) is 0.382. The van der Waals surface area contributed by atoms with Gasteiger partial charge in [0, 0.05) is 6.20 Å². The average Bonchev–Trinajstić information content (AvgIpc) is 2.01. The highest BCUT2D eigenvalue weighted by Gasteiger charge is 2.30. The Labute approximate surface area is 77.6 Å². The highest BCUT2D eigenvalue weighted by Crippen LogP contribution is 2.50. The molecule has 8 nitrogen and oxygen atoms in total. The molecule has 1 rings (SSSR count). The number of aliphatic hydroxyl groups is 1. The van der Waals surface area contributed by atoms with Gasteiger partial charge in [-0.15, -0.1) is 0 Å². The lowest BCUT2D eigenvalue weighted by Crippen LogP contribution is -2.15. The molecule has 14 heavy (non-hydrogen) atoms. The van der Waals surface area contributed by atoms with E-state index in [9.17, 15) is 9.36 Å². The second-order valence-electron chi connectivity index (χ2n) is 2.52. The second-order valence-corrected chi connectivity index (χ2v) is 4.19. The summed E-state index contributed by atoms with van der Waals surface area (Å²) < 4.78 is 10.6. The van der Waals surface area contributed by atoms with Gasteiger partial charge >= 0.3 is 13.3 Å². The number of anilines is 1. The van der Waals surface area contributed by atoms with Crippen molar-refractivity contribution in [3.8, 4) is 0 Å².